The summed E-state index contributed by atoms with van der Waals surface area (Å²) in [7, 11) is 0. The molecule has 0 spiro atoms. The van der Waals surface area contributed by atoms with Crippen LogP contribution in [0.4, 0.5) is 5.69 Å². The van der Waals surface area contributed by atoms with Crippen LogP contribution >= 0.6 is 0 Å². The third-order valence-electron chi connectivity index (χ3n) is 3.09. The molecule has 0 fully saturated rings. The van der Waals surface area contributed by atoms with Crippen LogP contribution in [-0.2, 0) is 12.8 Å². The molecule has 0 saturated carbocycles. The number of benzene rings is 1. The van der Waals surface area contributed by atoms with Gasteiger partial charge in [-0.2, -0.15) is 10.4 Å². The Balaban J connectivity index is 2.66. The zero-order valence-corrected chi connectivity index (χ0v) is 11.3. The van der Waals surface area contributed by atoms with Crippen LogP contribution in [-0.4, -0.2) is 14.7 Å². The van der Waals surface area contributed by atoms with Crippen molar-refractivity contribution in [2.24, 2.45) is 0 Å². The summed E-state index contributed by atoms with van der Waals surface area (Å²) in [5, 5.41) is 24.4. The van der Waals surface area contributed by atoms with Crippen LogP contribution in [0.5, 0.6) is 0 Å². The number of nitriles is 1. The minimum atomic E-state index is -0.483. The van der Waals surface area contributed by atoms with Crippen LogP contribution in [0.1, 0.15) is 30.8 Å². The van der Waals surface area contributed by atoms with Crippen molar-refractivity contribution in [3.05, 3.63) is 51.3 Å². The number of rotatable bonds is 4. The monoisotopic (exact) mass is 270 g/mol. The van der Waals surface area contributed by atoms with Crippen molar-refractivity contribution in [3.8, 4) is 11.8 Å². The first-order chi connectivity index (χ1) is 9.60. The fourth-order valence-corrected chi connectivity index (χ4v) is 2.03. The molecule has 0 aliphatic rings. The molecule has 0 atom stereocenters. The number of hydrogen-bond donors (Lipinski definition) is 0. The molecule has 1 aromatic heterocycles. The second kappa shape index (κ2) is 5.53. The number of aromatic nitrogens is 2. The number of nitro benzene ring substituents is 1. The molecule has 2 aromatic rings. The van der Waals surface area contributed by atoms with Crippen LogP contribution in [0.25, 0.3) is 5.69 Å². The predicted molar refractivity (Wildman–Crippen MR) is 73.7 cm³/mol. The lowest BCUT2D eigenvalue weighted by Gasteiger charge is -2.06. The normalized spacial score (nSPS) is 10.2. The molecule has 0 aliphatic carbocycles. The van der Waals surface area contributed by atoms with Crippen molar-refractivity contribution < 1.29 is 4.92 Å². The Kier molecular flexibility index (Phi) is 3.80. The van der Waals surface area contributed by atoms with Crippen molar-refractivity contribution in [1.82, 2.24) is 9.78 Å². The summed E-state index contributed by atoms with van der Waals surface area (Å²) in [6.07, 6.45) is 1.49. The first-order valence-corrected chi connectivity index (χ1v) is 6.37. The quantitative estimate of drug-likeness (QED) is 0.631. The van der Waals surface area contributed by atoms with Gasteiger partial charge in [0.15, 0.2) is 0 Å². The van der Waals surface area contributed by atoms with E-state index in [9.17, 15) is 10.1 Å². The van der Waals surface area contributed by atoms with E-state index in [0.717, 1.165) is 24.2 Å². The third-order valence-corrected chi connectivity index (χ3v) is 3.09. The number of aryl methyl sites for hydroxylation is 2. The van der Waals surface area contributed by atoms with E-state index < -0.39 is 4.92 Å². The van der Waals surface area contributed by atoms with Gasteiger partial charge in [0, 0.05) is 11.8 Å². The van der Waals surface area contributed by atoms with E-state index in [-0.39, 0.29) is 11.3 Å². The lowest BCUT2D eigenvalue weighted by Crippen LogP contribution is -2.05. The summed E-state index contributed by atoms with van der Waals surface area (Å²) in [4.78, 5) is 10.7. The van der Waals surface area contributed by atoms with E-state index >= 15 is 0 Å². The van der Waals surface area contributed by atoms with Gasteiger partial charge in [-0.25, -0.2) is 4.68 Å². The molecule has 0 radical (unpaired) electrons. The van der Waals surface area contributed by atoms with Crippen molar-refractivity contribution in [2.75, 3.05) is 0 Å². The lowest BCUT2D eigenvalue weighted by molar-refractivity contribution is -0.384. The van der Waals surface area contributed by atoms with Gasteiger partial charge in [0.05, 0.1) is 22.2 Å². The van der Waals surface area contributed by atoms with Crippen LogP contribution in [0.2, 0.25) is 0 Å². The zero-order chi connectivity index (χ0) is 14.7. The standard InChI is InChI=1S/C14H14N4O2/c1-3-11-8-12(4-2)17(16-11)13-6-5-10(9-15)7-14(13)18(19)20/h5-8H,3-4H2,1-2H3. The Morgan fingerprint density at radius 2 is 2.10 bits per heavy atom. The third kappa shape index (κ3) is 2.38. The molecule has 0 unspecified atom stereocenters. The predicted octanol–water partition coefficient (Wildman–Crippen LogP) is 2.78. The van der Waals surface area contributed by atoms with Gasteiger partial charge in [-0.05, 0) is 31.0 Å². The molecular weight excluding hydrogens is 256 g/mol. The largest absolute Gasteiger partial charge is 0.296 e. The minimum Gasteiger partial charge on any atom is -0.258 e. The molecule has 0 aliphatic heterocycles. The smallest absolute Gasteiger partial charge is 0.258 e. The second-order valence-corrected chi connectivity index (χ2v) is 4.32. The summed E-state index contributed by atoms with van der Waals surface area (Å²) in [6.45, 7) is 3.96. The molecule has 0 N–H and O–H groups in total. The maximum absolute atomic E-state index is 11.2. The van der Waals surface area contributed by atoms with Gasteiger partial charge >= 0.3 is 0 Å². The van der Waals surface area contributed by atoms with E-state index in [1.165, 1.54) is 6.07 Å². The summed E-state index contributed by atoms with van der Waals surface area (Å²) in [5.74, 6) is 0. The van der Waals surface area contributed by atoms with E-state index in [1.54, 1.807) is 16.8 Å². The maximum Gasteiger partial charge on any atom is 0.296 e. The highest BCUT2D eigenvalue weighted by Gasteiger charge is 2.19. The van der Waals surface area contributed by atoms with Crippen molar-refractivity contribution in [2.45, 2.75) is 26.7 Å². The highest BCUT2D eigenvalue weighted by atomic mass is 16.6. The van der Waals surface area contributed by atoms with E-state index in [0.29, 0.717) is 5.69 Å². The molecule has 2 rings (SSSR count). The molecule has 6 heteroatoms. The van der Waals surface area contributed by atoms with Crippen LogP contribution < -0.4 is 0 Å². The van der Waals surface area contributed by atoms with Gasteiger partial charge in [0.2, 0.25) is 0 Å². The zero-order valence-electron chi connectivity index (χ0n) is 11.3. The van der Waals surface area contributed by atoms with Crippen LogP contribution in [0, 0.1) is 21.4 Å². The average molecular weight is 270 g/mol. The van der Waals surface area contributed by atoms with Crippen LogP contribution in [0.15, 0.2) is 24.3 Å². The van der Waals surface area contributed by atoms with Crippen molar-refractivity contribution in [1.29, 1.82) is 5.26 Å². The topological polar surface area (TPSA) is 84.8 Å². The van der Waals surface area contributed by atoms with Gasteiger partial charge in [0.25, 0.3) is 5.69 Å². The Morgan fingerprint density at radius 3 is 2.65 bits per heavy atom. The van der Waals surface area contributed by atoms with Gasteiger partial charge in [0.1, 0.15) is 5.69 Å². The molecule has 6 nitrogen and oxygen atoms in total. The average Bonchev–Trinajstić information content (AvgIpc) is 2.89. The number of hydrogen-bond acceptors (Lipinski definition) is 4. The van der Waals surface area contributed by atoms with Gasteiger partial charge in [-0.15, -0.1) is 0 Å². The Hall–Kier alpha value is -2.68. The highest BCUT2D eigenvalue weighted by Crippen LogP contribution is 2.25. The molecule has 0 amide bonds. The Bertz CT molecular complexity index is 698. The first kappa shape index (κ1) is 13.7. The summed E-state index contributed by atoms with van der Waals surface area (Å²) in [6, 6.07) is 8.27. The van der Waals surface area contributed by atoms with Gasteiger partial charge in [-0.3, -0.25) is 10.1 Å². The van der Waals surface area contributed by atoms with Gasteiger partial charge in [-0.1, -0.05) is 13.8 Å². The maximum atomic E-state index is 11.2. The number of nitrogens with zero attached hydrogens (tertiary/aromatic N) is 4. The van der Waals surface area contributed by atoms with Gasteiger partial charge < -0.3 is 0 Å². The second-order valence-electron chi connectivity index (χ2n) is 4.32. The summed E-state index contributed by atoms with van der Waals surface area (Å²) < 4.78 is 1.60. The molecule has 1 heterocycles. The molecule has 0 saturated heterocycles. The first-order valence-electron chi connectivity index (χ1n) is 6.37. The van der Waals surface area contributed by atoms with E-state index in [1.807, 2.05) is 26.0 Å². The molecule has 102 valence electrons. The fraction of sp³-hybridized carbons (Fsp3) is 0.286. The molecular formula is C14H14N4O2. The lowest BCUT2D eigenvalue weighted by atomic mass is 10.2. The summed E-state index contributed by atoms with van der Waals surface area (Å²) >= 11 is 0. The van der Waals surface area contributed by atoms with E-state index in [4.69, 9.17) is 5.26 Å². The Morgan fingerprint density at radius 1 is 1.35 bits per heavy atom. The van der Waals surface area contributed by atoms with Crippen LogP contribution in [0.3, 0.4) is 0 Å². The SMILES string of the molecule is CCc1cc(CC)n(-c2ccc(C#N)cc2[N+](=O)[O-])n1. The Labute approximate surface area is 116 Å². The molecule has 0 bridgehead atoms. The summed E-state index contributed by atoms with van der Waals surface area (Å²) in [5.41, 5.74) is 2.35. The van der Waals surface area contributed by atoms with Crippen molar-refractivity contribution in [3.63, 3.8) is 0 Å². The molecule has 20 heavy (non-hydrogen) atoms. The number of nitro groups is 1. The minimum absolute atomic E-state index is 0.107. The molecule has 1 aromatic carbocycles. The fourth-order valence-electron chi connectivity index (χ4n) is 2.03. The highest BCUT2D eigenvalue weighted by molar-refractivity contribution is 5.56. The van der Waals surface area contributed by atoms with E-state index in [2.05, 4.69) is 5.10 Å². The van der Waals surface area contributed by atoms with Crippen molar-refractivity contribution >= 4 is 5.69 Å².